The first kappa shape index (κ1) is 18.7. The summed E-state index contributed by atoms with van der Waals surface area (Å²) in [5, 5.41) is 12.7. The lowest BCUT2D eigenvalue weighted by Gasteiger charge is -2.33. The first-order valence-electron chi connectivity index (χ1n) is 8.09. The number of hydrogen-bond acceptors (Lipinski definition) is 4. The molecule has 0 bridgehead atoms. The minimum absolute atomic E-state index is 0.0217. The third kappa shape index (κ3) is 5.78. The number of carbonyl (C=O) groups is 2. The fourth-order valence-electron chi connectivity index (χ4n) is 2.70. The molecule has 1 aliphatic heterocycles. The van der Waals surface area contributed by atoms with Gasteiger partial charge in [0.25, 0.3) is 0 Å². The Labute approximate surface area is 147 Å². The van der Waals surface area contributed by atoms with E-state index in [4.69, 9.17) is 11.6 Å². The molecule has 1 aromatic rings. The van der Waals surface area contributed by atoms with Crippen LogP contribution >= 0.6 is 11.6 Å². The number of halogens is 1. The fraction of sp³-hybridized carbons (Fsp3) is 0.529. The quantitative estimate of drug-likeness (QED) is 0.773. The average molecular weight is 354 g/mol. The van der Waals surface area contributed by atoms with Crippen molar-refractivity contribution in [2.45, 2.75) is 13.0 Å². The van der Waals surface area contributed by atoms with Crippen LogP contribution in [0.4, 0.5) is 0 Å². The van der Waals surface area contributed by atoms with Gasteiger partial charge >= 0.3 is 5.97 Å². The monoisotopic (exact) mass is 353 g/mol. The number of piperazine rings is 1. The topological polar surface area (TPSA) is 72.9 Å². The number of carboxylic acid groups (broad SMARTS) is 1. The van der Waals surface area contributed by atoms with Crippen molar-refractivity contribution in [3.63, 3.8) is 0 Å². The molecule has 1 saturated heterocycles. The molecule has 1 aromatic carbocycles. The summed E-state index contributed by atoms with van der Waals surface area (Å²) in [6.45, 7) is 4.22. The second kappa shape index (κ2) is 9.01. The maximum atomic E-state index is 12.1. The van der Waals surface area contributed by atoms with Gasteiger partial charge in [0.2, 0.25) is 5.91 Å². The predicted molar refractivity (Wildman–Crippen MR) is 93.0 cm³/mol. The van der Waals surface area contributed by atoms with E-state index >= 15 is 0 Å². The van der Waals surface area contributed by atoms with E-state index in [-0.39, 0.29) is 12.3 Å². The molecule has 0 saturated carbocycles. The van der Waals surface area contributed by atoms with Gasteiger partial charge < -0.3 is 15.3 Å². The lowest BCUT2D eigenvalue weighted by molar-refractivity contribution is -0.145. The number of rotatable bonds is 7. The van der Waals surface area contributed by atoms with Crippen LogP contribution < -0.4 is 5.32 Å². The Balaban J connectivity index is 1.82. The molecule has 0 radical (unpaired) electrons. The number of nitrogens with one attached hydrogen (secondary N) is 1. The Morgan fingerprint density at radius 3 is 2.54 bits per heavy atom. The third-order valence-electron chi connectivity index (χ3n) is 4.29. The Bertz CT molecular complexity index is 574. The highest BCUT2D eigenvalue weighted by Gasteiger charge is 2.25. The van der Waals surface area contributed by atoms with Gasteiger partial charge in [-0.1, -0.05) is 29.8 Å². The van der Waals surface area contributed by atoms with Crippen molar-refractivity contribution in [2.24, 2.45) is 5.92 Å². The average Bonchev–Trinajstić information content (AvgIpc) is 2.55. The summed E-state index contributed by atoms with van der Waals surface area (Å²) in [7, 11) is 2.05. The summed E-state index contributed by atoms with van der Waals surface area (Å²) in [6.07, 6.45) is -0.0217. The number of hydrogen-bond donors (Lipinski definition) is 2. The number of benzene rings is 1. The van der Waals surface area contributed by atoms with Gasteiger partial charge in [-0.15, -0.1) is 0 Å². The molecule has 2 N–H and O–H groups in total. The first-order valence-corrected chi connectivity index (χ1v) is 8.47. The van der Waals surface area contributed by atoms with E-state index < -0.39 is 11.9 Å². The van der Waals surface area contributed by atoms with Crippen molar-refractivity contribution in [1.29, 1.82) is 0 Å². The van der Waals surface area contributed by atoms with E-state index in [0.717, 1.165) is 31.7 Å². The van der Waals surface area contributed by atoms with Gasteiger partial charge in [0.15, 0.2) is 0 Å². The zero-order chi connectivity index (χ0) is 17.5. The Morgan fingerprint density at radius 2 is 1.92 bits per heavy atom. The van der Waals surface area contributed by atoms with Crippen molar-refractivity contribution in [3.05, 3.63) is 34.9 Å². The van der Waals surface area contributed by atoms with Crippen molar-refractivity contribution >= 4 is 23.5 Å². The SMILES string of the molecule is CN1CCN(C[C@H](CC(=O)NCc2ccccc2Cl)C(=O)O)CC1. The normalized spacial score (nSPS) is 17.4. The Morgan fingerprint density at radius 1 is 1.25 bits per heavy atom. The molecule has 1 amide bonds. The minimum Gasteiger partial charge on any atom is -0.481 e. The number of carboxylic acids is 1. The molecule has 1 atom stereocenters. The van der Waals surface area contributed by atoms with Crippen molar-refractivity contribution in [3.8, 4) is 0 Å². The van der Waals surface area contributed by atoms with Crippen LogP contribution in [0.1, 0.15) is 12.0 Å². The van der Waals surface area contributed by atoms with Gasteiger partial charge in [0.1, 0.15) is 0 Å². The van der Waals surface area contributed by atoms with Gasteiger partial charge in [0, 0.05) is 50.7 Å². The summed E-state index contributed by atoms with van der Waals surface area (Å²) in [4.78, 5) is 27.9. The first-order chi connectivity index (χ1) is 11.5. The van der Waals surface area contributed by atoms with Gasteiger partial charge in [-0.25, -0.2) is 0 Å². The molecule has 0 aromatic heterocycles. The van der Waals surface area contributed by atoms with E-state index in [2.05, 4.69) is 15.1 Å². The van der Waals surface area contributed by atoms with Gasteiger partial charge in [-0.2, -0.15) is 0 Å². The van der Waals surface area contributed by atoms with E-state index in [1.807, 2.05) is 25.2 Å². The predicted octanol–water partition coefficient (Wildman–Crippen LogP) is 1.29. The van der Waals surface area contributed by atoms with Gasteiger partial charge in [-0.05, 0) is 18.7 Å². The van der Waals surface area contributed by atoms with Crippen molar-refractivity contribution in [1.82, 2.24) is 15.1 Å². The maximum Gasteiger partial charge on any atom is 0.308 e. The molecule has 2 rings (SSSR count). The number of likely N-dealkylation sites (N-methyl/N-ethyl adjacent to an activating group) is 1. The van der Waals surface area contributed by atoms with Crippen LogP contribution in [0.15, 0.2) is 24.3 Å². The molecule has 0 unspecified atom stereocenters. The van der Waals surface area contributed by atoms with Crippen LogP contribution in [0.3, 0.4) is 0 Å². The van der Waals surface area contributed by atoms with Crippen LogP contribution in [-0.4, -0.2) is 66.6 Å². The standard InChI is InChI=1S/C17H24ClN3O3/c1-20-6-8-21(9-7-20)12-14(17(23)24)10-16(22)19-11-13-4-2-3-5-15(13)18/h2-5,14H,6-12H2,1H3,(H,19,22)(H,23,24)/t14-/m0/s1. The number of amides is 1. The summed E-state index contributed by atoms with van der Waals surface area (Å²) in [5.74, 6) is -1.89. The van der Waals surface area contributed by atoms with E-state index in [1.54, 1.807) is 6.07 Å². The molecule has 24 heavy (non-hydrogen) atoms. The molecule has 1 fully saturated rings. The van der Waals surface area contributed by atoms with Crippen LogP contribution in [-0.2, 0) is 16.1 Å². The summed E-state index contributed by atoms with van der Waals surface area (Å²) < 4.78 is 0. The highest BCUT2D eigenvalue weighted by Crippen LogP contribution is 2.15. The fourth-order valence-corrected chi connectivity index (χ4v) is 2.91. The Kier molecular flexibility index (Phi) is 7.02. The lowest BCUT2D eigenvalue weighted by Crippen LogP contribution is -2.47. The molecule has 0 aliphatic carbocycles. The molecular weight excluding hydrogens is 330 g/mol. The number of nitrogens with zero attached hydrogens (tertiary/aromatic N) is 2. The van der Waals surface area contributed by atoms with Crippen LogP contribution in [0, 0.1) is 5.92 Å². The minimum atomic E-state index is -0.929. The maximum absolute atomic E-state index is 12.1. The molecule has 1 aliphatic rings. The molecule has 1 heterocycles. The largest absolute Gasteiger partial charge is 0.481 e. The zero-order valence-corrected chi connectivity index (χ0v) is 14.6. The third-order valence-corrected chi connectivity index (χ3v) is 4.66. The summed E-state index contributed by atoms with van der Waals surface area (Å²) in [6, 6.07) is 7.27. The number of aliphatic carboxylic acids is 1. The van der Waals surface area contributed by atoms with Crippen molar-refractivity contribution < 1.29 is 14.7 Å². The molecule has 0 spiro atoms. The molecular formula is C17H24ClN3O3. The smallest absolute Gasteiger partial charge is 0.308 e. The van der Waals surface area contributed by atoms with Gasteiger partial charge in [-0.3, -0.25) is 14.5 Å². The second-order valence-corrected chi connectivity index (χ2v) is 6.62. The highest BCUT2D eigenvalue weighted by atomic mass is 35.5. The van der Waals surface area contributed by atoms with Crippen LogP contribution in [0.25, 0.3) is 0 Å². The van der Waals surface area contributed by atoms with E-state index in [1.165, 1.54) is 0 Å². The Hall–Kier alpha value is -1.63. The van der Waals surface area contributed by atoms with E-state index in [0.29, 0.717) is 18.1 Å². The molecule has 7 heteroatoms. The number of carbonyl (C=O) groups excluding carboxylic acids is 1. The van der Waals surface area contributed by atoms with E-state index in [9.17, 15) is 14.7 Å². The van der Waals surface area contributed by atoms with Crippen molar-refractivity contribution in [2.75, 3.05) is 39.8 Å². The van der Waals surface area contributed by atoms with Crippen LogP contribution in [0.5, 0.6) is 0 Å². The molecule has 6 nitrogen and oxygen atoms in total. The summed E-state index contributed by atoms with van der Waals surface area (Å²) >= 11 is 6.05. The lowest BCUT2D eigenvalue weighted by atomic mass is 10.0. The molecule has 132 valence electrons. The zero-order valence-electron chi connectivity index (χ0n) is 13.9. The summed E-state index contributed by atoms with van der Waals surface area (Å²) in [5.41, 5.74) is 0.818. The second-order valence-electron chi connectivity index (χ2n) is 6.21. The van der Waals surface area contributed by atoms with Gasteiger partial charge in [0.05, 0.1) is 5.92 Å². The highest BCUT2D eigenvalue weighted by molar-refractivity contribution is 6.31. The van der Waals surface area contributed by atoms with Crippen LogP contribution in [0.2, 0.25) is 5.02 Å².